The maximum absolute atomic E-state index is 11.3. The summed E-state index contributed by atoms with van der Waals surface area (Å²) in [6, 6.07) is 0. The van der Waals surface area contributed by atoms with E-state index in [9.17, 15) is 14.4 Å². The summed E-state index contributed by atoms with van der Waals surface area (Å²) in [5.74, 6) is -1.37. The SMILES string of the molecule is Cn1ncc(C(=O)O)c1-n1c(=O)[nH][nH]c1=O. The molecular weight excluding hydrogens is 218 g/mol. The summed E-state index contributed by atoms with van der Waals surface area (Å²) >= 11 is 0. The second-order valence-corrected chi connectivity index (χ2v) is 3.01. The molecule has 0 aliphatic carbocycles. The highest BCUT2D eigenvalue weighted by atomic mass is 16.4. The van der Waals surface area contributed by atoms with E-state index in [1.54, 1.807) is 0 Å². The number of rotatable bonds is 2. The Morgan fingerprint density at radius 3 is 2.44 bits per heavy atom. The van der Waals surface area contributed by atoms with Crippen molar-refractivity contribution in [3.63, 3.8) is 0 Å². The van der Waals surface area contributed by atoms with Crippen LogP contribution in [0.25, 0.3) is 5.82 Å². The third-order valence-electron chi connectivity index (χ3n) is 2.03. The maximum Gasteiger partial charge on any atom is 0.350 e. The second kappa shape index (κ2) is 3.22. The van der Waals surface area contributed by atoms with Crippen molar-refractivity contribution in [1.29, 1.82) is 0 Å². The largest absolute Gasteiger partial charge is 0.477 e. The van der Waals surface area contributed by atoms with E-state index >= 15 is 0 Å². The number of hydrogen-bond acceptors (Lipinski definition) is 4. The van der Waals surface area contributed by atoms with Gasteiger partial charge in [0.25, 0.3) is 0 Å². The van der Waals surface area contributed by atoms with Crippen LogP contribution in [-0.2, 0) is 7.05 Å². The standard InChI is InChI=1S/C7H7N5O4/c1-11-4(3(2-8-11)5(13)14)12-6(15)9-10-7(12)16/h2H,1H3,(H,9,15)(H,10,16)(H,13,14). The van der Waals surface area contributed by atoms with Crippen molar-refractivity contribution in [3.05, 3.63) is 32.7 Å². The number of nitrogens with one attached hydrogen (secondary N) is 2. The Bertz CT molecular complexity index is 629. The number of carboxylic acids is 1. The highest BCUT2D eigenvalue weighted by molar-refractivity contribution is 5.90. The maximum atomic E-state index is 11.3. The van der Waals surface area contributed by atoms with E-state index in [0.29, 0.717) is 4.57 Å². The van der Waals surface area contributed by atoms with Gasteiger partial charge >= 0.3 is 17.3 Å². The summed E-state index contributed by atoms with van der Waals surface area (Å²) in [5, 5.41) is 16.7. The summed E-state index contributed by atoms with van der Waals surface area (Å²) in [4.78, 5) is 33.5. The third-order valence-corrected chi connectivity index (χ3v) is 2.03. The lowest BCUT2D eigenvalue weighted by molar-refractivity contribution is 0.0697. The van der Waals surface area contributed by atoms with E-state index in [2.05, 4.69) is 15.3 Å². The van der Waals surface area contributed by atoms with Crippen LogP contribution in [0.4, 0.5) is 0 Å². The molecule has 0 spiro atoms. The molecule has 0 fully saturated rings. The van der Waals surface area contributed by atoms with E-state index in [4.69, 9.17) is 5.11 Å². The summed E-state index contributed by atoms with van der Waals surface area (Å²) in [6.45, 7) is 0. The minimum Gasteiger partial charge on any atom is -0.477 e. The first-order valence-corrected chi connectivity index (χ1v) is 4.17. The Labute approximate surface area is 86.9 Å². The van der Waals surface area contributed by atoms with Crippen molar-refractivity contribution in [2.75, 3.05) is 0 Å². The molecule has 16 heavy (non-hydrogen) atoms. The highest BCUT2D eigenvalue weighted by Gasteiger charge is 2.20. The molecule has 3 N–H and O–H groups in total. The molecule has 84 valence electrons. The Morgan fingerprint density at radius 1 is 1.38 bits per heavy atom. The fourth-order valence-corrected chi connectivity index (χ4v) is 1.35. The minimum atomic E-state index is -1.27. The normalized spacial score (nSPS) is 10.6. The molecule has 0 saturated carbocycles. The molecule has 0 radical (unpaired) electrons. The molecule has 9 heteroatoms. The zero-order valence-corrected chi connectivity index (χ0v) is 8.09. The molecule has 9 nitrogen and oxygen atoms in total. The zero-order valence-electron chi connectivity index (χ0n) is 8.09. The quantitative estimate of drug-likeness (QED) is 0.560. The van der Waals surface area contributed by atoms with Crippen molar-refractivity contribution in [1.82, 2.24) is 24.5 Å². The average molecular weight is 225 g/mol. The summed E-state index contributed by atoms with van der Waals surface area (Å²) < 4.78 is 1.80. The predicted octanol–water partition coefficient (Wildman–Crippen LogP) is -1.71. The first kappa shape index (κ1) is 9.96. The highest BCUT2D eigenvalue weighted by Crippen LogP contribution is 2.09. The van der Waals surface area contributed by atoms with E-state index < -0.39 is 17.3 Å². The van der Waals surface area contributed by atoms with E-state index in [1.807, 2.05) is 0 Å². The van der Waals surface area contributed by atoms with Crippen LogP contribution in [0.15, 0.2) is 15.8 Å². The van der Waals surface area contributed by atoms with Gasteiger partial charge in [-0.2, -0.15) is 9.67 Å². The number of aromatic amines is 2. The molecule has 0 unspecified atom stereocenters. The van der Waals surface area contributed by atoms with Crippen LogP contribution in [0.3, 0.4) is 0 Å². The fraction of sp³-hybridized carbons (Fsp3) is 0.143. The second-order valence-electron chi connectivity index (χ2n) is 3.01. The Kier molecular flexibility index (Phi) is 2.01. The van der Waals surface area contributed by atoms with Gasteiger partial charge in [-0.3, -0.25) is 4.68 Å². The van der Waals surface area contributed by atoms with Gasteiger partial charge in [-0.25, -0.2) is 24.6 Å². The lowest BCUT2D eigenvalue weighted by atomic mass is 10.3. The van der Waals surface area contributed by atoms with Crippen LogP contribution in [-0.4, -0.2) is 35.6 Å². The third kappa shape index (κ3) is 1.26. The van der Waals surface area contributed by atoms with Gasteiger partial charge in [0, 0.05) is 7.05 Å². The summed E-state index contributed by atoms with van der Waals surface area (Å²) in [5.41, 5.74) is -1.73. The van der Waals surface area contributed by atoms with Gasteiger partial charge in [0.2, 0.25) is 0 Å². The van der Waals surface area contributed by atoms with Crippen molar-refractivity contribution in [3.8, 4) is 5.82 Å². The van der Waals surface area contributed by atoms with Crippen LogP contribution in [0, 0.1) is 0 Å². The molecule has 0 bridgehead atoms. The molecular formula is C7H7N5O4. The molecule has 0 aliphatic rings. The van der Waals surface area contributed by atoms with Crippen LogP contribution in [0.5, 0.6) is 0 Å². The van der Waals surface area contributed by atoms with Crippen molar-refractivity contribution < 1.29 is 9.90 Å². The number of hydrogen-bond donors (Lipinski definition) is 3. The molecule has 2 rings (SSSR count). The average Bonchev–Trinajstić information content (AvgIpc) is 2.71. The number of H-pyrrole nitrogens is 2. The molecule has 2 aromatic rings. The van der Waals surface area contributed by atoms with Gasteiger partial charge in [0.05, 0.1) is 6.20 Å². The molecule has 0 atom stereocenters. The molecule has 0 amide bonds. The van der Waals surface area contributed by atoms with E-state index in [0.717, 1.165) is 10.9 Å². The number of aromatic carboxylic acids is 1. The van der Waals surface area contributed by atoms with Crippen molar-refractivity contribution in [2.45, 2.75) is 0 Å². The van der Waals surface area contributed by atoms with Crippen LogP contribution in [0.2, 0.25) is 0 Å². The number of carboxylic acid groups (broad SMARTS) is 1. The van der Waals surface area contributed by atoms with Crippen LogP contribution < -0.4 is 11.4 Å². The first-order chi connectivity index (χ1) is 7.52. The fourth-order valence-electron chi connectivity index (χ4n) is 1.35. The summed E-state index contributed by atoms with van der Waals surface area (Å²) in [6.07, 6.45) is 1.07. The van der Waals surface area contributed by atoms with Crippen molar-refractivity contribution >= 4 is 5.97 Å². The van der Waals surface area contributed by atoms with Gasteiger partial charge in [-0.15, -0.1) is 0 Å². The monoisotopic (exact) mass is 225 g/mol. The first-order valence-electron chi connectivity index (χ1n) is 4.17. The van der Waals surface area contributed by atoms with Gasteiger partial charge in [-0.1, -0.05) is 0 Å². The number of carbonyl (C=O) groups is 1. The van der Waals surface area contributed by atoms with Gasteiger partial charge in [-0.05, 0) is 0 Å². The van der Waals surface area contributed by atoms with Crippen molar-refractivity contribution in [2.24, 2.45) is 7.05 Å². The number of aromatic nitrogens is 5. The topological polar surface area (TPSA) is 126 Å². The minimum absolute atomic E-state index is 0.0972. The molecule has 0 aliphatic heterocycles. The van der Waals surface area contributed by atoms with Crippen LogP contribution in [0.1, 0.15) is 10.4 Å². The lowest BCUT2D eigenvalue weighted by Crippen LogP contribution is -2.28. The van der Waals surface area contributed by atoms with E-state index in [1.165, 1.54) is 7.05 Å². The predicted molar refractivity (Wildman–Crippen MR) is 50.7 cm³/mol. The molecule has 0 saturated heterocycles. The van der Waals surface area contributed by atoms with Gasteiger partial charge in [0.1, 0.15) is 5.56 Å². The zero-order chi connectivity index (χ0) is 11.9. The number of aryl methyl sites for hydroxylation is 1. The number of nitrogens with zero attached hydrogens (tertiary/aromatic N) is 3. The molecule has 2 heterocycles. The lowest BCUT2D eigenvalue weighted by Gasteiger charge is -2.00. The van der Waals surface area contributed by atoms with E-state index in [-0.39, 0.29) is 11.4 Å². The molecule has 2 aromatic heterocycles. The van der Waals surface area contributed by atoms with Gasteiger partial charge < -0.3 is 5.11 Å². The molecule has 0 aromatic carbocycles. The smallest absolute Gasteiger partial charge is 0.350 e. The Morgan fingerprint density at radius 2 is 1.94 bits per heavy atom. The Hall–Kier alpha value is -2.58. The Balaban J connectivity index is 2.83. The van der Waals surface area contributed by atoms with Gasteiger partial charge in [0.15, 0.2) is 5.82 Å². The summed E-state index contributed by atoms with van der Waals surface area (Å²) in [7, 11) is 1.43. The van der Waals surface area contributed by atoms with Crippen LogP contribution >= 0.6 is 0 Å².